The zero-order chi connectivity index (χ0) is 17.8. The highest BCUT2D eigenvalue weighted by Gasteiger charge is 2.35. The van der Waals surface area contributed by atoms with E-state index in [2.05, 4.69) is 10.1 Å². The highest BCUT2D eigenvalue weighted by Crippen LogP contribution is 2.26. The van der Waals surface area contributed by atoms with Gasteiger partial charge in [-0.3, -0.25) is 9.59 Å². The van der Waals surface area contributed by atoms with Gasteiger partial charge in [-0.15, -0.1) is 0 Å². The minimum Gasteiger partial charge on any atom is -0.465 e. The van der Waals surface area contributed by atoms with Crippen LogP contribution in [0, 0.1) is 5.92 Å². The van der Waals surface area contributed by atoms with Gasteiger partial charge < -0.3 is 15.0 Å². The van der Waals surface area contributed by atoms with Gasteiger partial charge in [0.05, 0.1) is 18.6 Å². The molecule has 0 aromatic heterocycles. The molecule has 2 aromatic rings. The number of benzene rings is 2. The highest BCUT2D eigenvalue weighted by molar-refractivity contribution is 6.03. The van der Waals surface area contributed by atoms with Crippen LogP contribution in [0.15, 0.2) is 54.6 Å². The van der Waals surface area contributed by atoms with Crippen molar-refractivity contribution in [3.63, 3.8) is 0 Å². The van der Waals surface area contributed by atoms with Crippen molar-refractivity contribution in [3.05, 3.63) is 60.2 Å². The Bertz CT molecular complexity index is 787. The first-order valence-electron chi connectivity index (χ1n) is 7.93. The van der Waals surface area contributed by atoms with Gasteiger partial charge in [0.1, 0.15) is 0 Å². The van der Waals surface area contributed by atoms with Gasteiger partial charge in [-0.05, 0) is 36.4 Å². The maximum Gasteiger partial charge on any atom is 0.337 e. The predicted molar refractivity (Wildman–Crippen MR) is 93.3 cm³/mol. The molecule has 1 unspecified atom stereocenters. The fourth-order valence-corrected chi connectivity index (χ4v) is 2.79. The molecule has 0 aliphatic carbocycles. The Hall–Kier alpha value is -3.15. The molecule has 1 N–H and O–H groups in total. The number of carbonyl (C=O) groups is 3. The Labute approximate surface area is 145 Å². The SMILES string of the molecule is COC(=O)c1ccc(N2CC(C(=O)Nc3ccccc3)CC2=O)cc1. The fourth-order valence-electron chi connectivity index (χ4n) is 2.79. The topological polar surface area (TPSA) is 75.7 Å². The van der Waals surface area contributed by atoms with E-state index in [4.69, 9.17) is 0 Å². The monoisotopic (exact) mass is 338 g/mol. The average Bonchev–Trinajstić information content (AvgIpc) is 3.04. The van der Waals surface area contributed by atoms with Crippen molar-refractivity contribution in [2.75, 3.05) is 23.9 Å². The van der Waals surface area contributed by atoms with Gasteiger partial charge in [0.2, 0.25) is 11.8 Å². The molecule has 2 amide bonds. The number of carbonyl (C=O) groups excluding carboxylic acids is 3. The van der Waals surface area contributed by atoms with Crippen LogP contribution in [0.1, 0.15) is 16.8 Å². The van der Waals surface area contributed by atoms with Crippen molar-refractivity contribution in [1.29, 1.82) is 0 Å². The summed E-state index contributed by atoms with van der Waals surface area (Å²) in [5, 5.41) is 2.83. The number of nitrogens with one attached hydrogen (secondary N) is 1. The van der Waals surface area contributed by atoms with E-state index in [1.165, 1.54) is 7.11 Å². The maximum atomic E-state index is 12.4. The number of amides is 2. The number of ether oxygens (including phenoxy) is 1. The van der Waals surface area contributed by atoms with Crippen LogP contribution in [-0.4, -0.2) is 31.4 Å². The van der Waals surface area contributed by atoms with E-state index in [0.717, 1.165) is 0 Å². The maximum absolute atomic E-state index is 12.4. The van der Waals surface area contributed by atoms with Crippen LogP contribution in [0.2, 0.25) is 0 Å². The lowest BCUT2D eigenvalue weighted by molar-refractivity contribution is -0.122. The van der Waals surface area contributed by atoms with Gasteiger partial charge in [-0.1, -0.05) is 18.2 Å². The molecule has 1 aliphatic rings. The number of rotatable bonds is 4. The highest BCUT2D eigenvalue weighted by atomic mass is 16.5. The van der Waals surface area contributed by atoms with Crippen LogP contribution < -0.4 is 10.2 Å². The van der Waals surface area contributed by atoms with E-state index in [0.29, 0.717) is 23.5 Å². The van der Waals surface area contributed by atoms with E-state index in [1.807, 2.05) is 18.2 Å². The molecular weight excluding hydrogens is 320 g/mol. The summed E-state index contributed by atoms with van der Waals surface area (Å²) in [7, 11) is 1.32. The first-order chi connectivity index (χ1) is 12.1. The van der Waals surface area contributed by atoms with Crippen molar-refractivity contribution in [3.8, 4) is 0 Å². The summed E-state index contributed by atoms with van der Waals surface area (Å²) in [6, 6.07) is 15.7. The summed E-state index contributed by atoms with van der Waals surface area (Å²) in [5.41, 5.74) is 1.78. The van der Waals surface area contributed by atoms with Crippen molar-refractivity contribution >= 4 is 29.2 Å². The number of methoxy groups -OCH3 is 1. The van der Waals surface area contributed by atoms with Crippen LogP contribution >= 0.6 is 0 Å². The molecule has 3 rings (SSSR count). The molecule has 1 atom stereocenters. The normalized spacial score (nSPS) is 16.6. The first kappa shape index (κ1) is 16.7. The molecule has 6 heteroatoms. The summed E-state index contributed by atoms with van der Waals surface area (Å²) >= 11 is 0. The van der Waals surface area contributed by atoms with E-state index < -0.39 is 11.9 Å². The Balaban J connectivity index is 1.68. The number of esters is 1. The number of hydrogen-bond acceptors (Lipinski definition) is 4. The molecule has 1 aliphatic heterocycles. The molecule has 128 valence electrons. The minimum absolute atomic E-state index is 0.112. The number of anilines is 2. The second kappa shape index (κ2) is 7.17. The van der Waals surface area contributed by atoms with Crippen LogP contribution in [0.3, 0.4) is 0 Å². The quantitative estimate of drug-likeness (QED) is 0.869. The molecule has 0 radical (unpaired) electrons. The number of hydrogen-bond donors (Lipinski definition) is 1. The van der Waals surface area contributed by atoms with Crippen molar-refractivity contribution in [2.45, 2.75) is 6.42 Å². The lowest BCUT2D eigenvalue weighted by Gasteiger charge is -2.17. The predicted octanol–water partition coefficient (Wildman–Crippen LogP) is 2.46. The van der Waals surface area contributed by atoms with Gasteiger partial charge in [0, 0.05) is 24.3 Å². The lowest BCUT2D eigenvalue weighted by atomic mass is 10.1. The third kappa shape index (κ3) is 3.68. The number of para-hydroxylation sites is 1. The Morgan fingerprint density at radius 1 is 1.08 bits per heavy atom. The lowest BCUT2D eigenvalue weighted by Crippen LogP contribution is -2.28. The Morgan fingerprint density at radius 3 is 2.40 bits per heavy atom. The third-order valence-corrected chi connectivity index (χ3v) is 4.14. The molecule has 25 heavy (non-hydrogen) atoms. The summed E-state index contributed by atoms with van der Waals surface area (Å²) in [5.74, 6) is -1.13. The van der Waals surface area contributed by atoms with E-state index in [9.17, 15) is 14.4 Å². The van der Waals surface area contributed by atoms with E-state index in [-0.39, 0.29) is 18.2 Å². The summed E-state index contributed by atoms with van der Waals surface area (Å²) in [4.78, 5) is 37.7. The zero-order valence-corrected chi connectivity index (χ0v) is 13.8. The van der Waals surface area contributed by atoms with Crippen LogP contribution in [0.5, 0.6) is 0 Å². The van der Waals surface area contributed by atoms with Crippen molar-refractivity contribution < 1.29 is 19.1 Å². The Morgan fingerprint density at radius 2 is 1.76 bits per heavy atom. The molecule has 2 aromatic carbocycles. The summed E-state index contributed by atoms with van der Waals surface area (Å²) in [6.07, 6.45) is 0.164. The fraction of sp³-hybridized carbons (Fsp3) is 0.211. The van der Waals surface area contributed by atoms with Crippen LogP contribution in [0.4, 0.5) is 11.4 Å². The molecule has 1 heterocycles. The van der Waals surface area contributed by atoms with Crippen molar-refractivity contribution in [2.24, 2.45) is 5.92 Å². The summed E-state index contributed by atoms with van der Waals surface area (Å²) < 4.78 is 4.66. The van der Waals surface area contributed by atoms with Gasteiger partial charge in [0.25, 0.3) is 0 Å². The van der Waals surface area contributed by atoms with Gasteiger partial charge in [-0.25, -0.2) is 4.79 Å². The van der Waals surface area contributed by atoms with Gasteiger partial charge in [-0.2, -0.15) is 0 Å². The standard InChI is InChI=1S/C19H18N2O4/c1-25-19(24)13-7-9-16(10-8-13)21-12-14(11-17(21)22)18(23)20-15-5-3-2-4-6-15/h2-10,14H,11-12H2,1H3,(H,20,23). The van der Waals surface area contributed by atoms with E-state index >= 15 is 0 Å². The molecule has 1 fully saturated rings. The third-order valence-electron chi connectivity index (χ3n) is 4.14. The average molecular weight is 338 g/mol. The second-order valence-corrected chi connectivity index (χ2v) is 5.80. The molecule has 0 bridgehead atoms. The zero-order valence-electron chi connectivity index (χ0n) is 13.8. The van der Waals surface area contributed by atoms with E-state index in [1.54, 1.807) is 41.3 Å². The largest absolute Gasteiger partial charge is 0.465 e. The first-order valence-corrected chi connectivity index (χ1v) is 7.93. The second-order valence-electron chi connectivity index (χ2n) is 5.80. The van der Waals surface area contributed by atoms with Gasteiger partial charge >= 0.3 is 5.97 Å². The molecule has 6 nitrogen and oxygen atoms in total. The number of nitrogens with zero attached hydrogens (tertiary/aromatic N) is 1. The van der Waals surface area contributed by atoms with Gasteiger partial charge in [0.15, 0.2) is 0 Å². The molecule has 0 saturated carbocycles. The minimum atomic E-state index is -0.431. The molecule has 1 saturated heterocycles. The molecule has 0 spiro atoms. The smallest absolute Gasteiger partial charge is 0.337 e. The Kier molecular flexibility index (Phi) is 4.79. The van der Waals surface area contributed by atoms with Crippen LogP contribution in [0.25, 0.3) is 0 Å². The van der Waals surface area contributed by atoms with Crippen molar-refractivity contribution in [1.82, 2.24) is 0 Å². The van der Waals surface area contributed by atoms with Crippen LogP contribution in [-0.2, 0) is 14.3 Å². The summed E-state index contributed by atoms with van der Waals surface area (Å²) in [6.45, 7) is 0.315. The molecular formula is C19H18N2O4.